The first-order valence-electron chi connectivity index (χ1n) is 5.51. The number of allylic oxidation sites excluding steroid dienone is 5. The van der Waals surface area contributed by atoms with Gasteiger partial charge in [0.05, 0.1) is 0 Å². The zero-order valence-electron chi connectivity index (χ0n) is 10.6. The lowest BCUT2D eigenvalue weighted by atomic mass is 10.3. The van der Waals surface area contributed by atoms with Gasteiger partial charge in [-0.15, -0.1) is 0 Å². The van der Waals surface area contributed by atoms with Gasteiger partial charge in [-0.25, -0.2) is 0 Å². The maximum absolute atomic E-state index is 9.70. The summed E-state index contributed by atoms with van der Waals surface area (Å²) in [4.78, 5) is 9.70. The Hall–Kier alpha value is -1.35. The molecule has 0 rings (SSSR count). The topological polar surface area (TPSA) is 63.3 Å². The van der Waals surface area contributed by atoms with Gasteiger partial charge in [0.1, 0.15) is 0 Å². The largest absolute Gasteiger partial charge is 0.481 e. The molecule has 3 heteroatoms. The van der Waals surface area contributed by atoms with Crippen LogP contribution in [-0.4, -0.2) is 17.6 Å². The van der Waals surface area contributed by atoms with Gasteiger partial charge in [0.15, 0.2) is 0 Å². The lowest BCUT2D eigenvalue weighted by Gasteiger charge is -1.86. The number of hydrogen-bond donors (Lipinski definition) is 2. The first-order valence-corrected chi connectivity index (χ1v) is 5.51. The minimum atomic E-state index is -0.773. The monoisotopic (exact) mass is 227 g/mol. The van der Waals surface area contributed by atoms with Crippen molar-refractivity contribution in [3.05, 3.63) is 37.0 Å². The van der Waals surface area contributed by atoms with Crippen molar-refractivity contribution in [3.63, 3.8) is 0 Å². The normalized spacial score (nSPS) is 9.00. The van der Waals surface area contributed by atoms with Crippen LogP contribution in [0.5, 0.6) is 0 Å². The van der Waals surface area contributed by atoms with Crippen LogP contribution in [0.2, 0.25) is 0 Å². The summed E-state index contributed by atoms with van der Waals surface area (Å²) < 4.78 is 0. The second-order valence-corrected chi connectivity index (χ2v) is 2.43. The lowest BCUT2D eigenvalue weighted by Crippen LogP contribution is -2.02. The summed E-state index contributed by atoms with van der Waals surface area (Å²) in [6.45, 7) is 9.96. The molecule has 0 aliphatic carbocycles. The minimum Gasteiger partial charge on any atom is -0.481 e. The number of carboxylic acid groups (broad SMARTS) is 1. The van der Waals surface area contributed by atoms with Crippen LogP contribution in [0.25, 0.3) is 0 Å². The highest BCUT2D eigenvalue weighted by atomic mass is 16.4. The Balaban J connectivity index is -0.000000183. The highest BCUT2D eigenvalue weighted by molar-refractivity contribution is 5.66. The fourth-order valence-corrected chi connectivity index (χ4v) is 0.507. The Labute approximate surface area is 99.4 Å². The van der Waals surface area contributed by atoms with Gasteiger partial charge in [-0.3, -0.25) is 4.79 Å². The van der Waals surface area contributed by atoms with Crippen molar-refractivity contribution >= 4 is 5.97 Å². The Kier molecular flexibility index (Phi) is 29.5. The second kappa shape index (κ2) is 23.5. The second-order valence-electron chi connectivity index (χ2n) is 2.43. The molecule has 0 aromatic rings. The summed E-state index contributed by atoms with van der Waals surface area (Å²) >= 11 is 0. The van der Waals surface area contributed by atoms with E-state index in [-0.39, 0.29) is 6.42 Å². The predicted octanol–water partition coefficient (Wildman–Crippen LogP) is 3.14. The van der Waals surface area contributed by atoms with Crippen molar-refractivity contribution in [1.82, 2.24) is 0 Å². The maximum Gasteiger partial charge on any atom is 0.303 e. The lowest BCUT2D eigenvalue weighted by molar-refractivity contribution is -0.137. The Morgan fingerprint density at radius 1 is 1.31 bits per heavy atom. The van der Waals surface area contributed by atoms with Gasteiger partial charge >= 0.3 is 5.97 Å². The Bertz CT molecular complexity index is 196. The zero-order chi connectivity index (χ0) is 13.2. The van der Waals surface area contributed by atoms with E-state index in [1.54, 1.807) is 6.08 Å². The van der Waals surface area contributed by atoms with E-state index in [1.807, 2.05) is 45.1 Å². The number of carboxylic acids is 1. The molecule has 0 aromatic heterocycles. The van der Waals surface area contributed by atoms with Gasteiger partial charge in [-0.1, -0.05) is 50.8 Å². The molecular weight excluding hydrogens is 202 g/mol. The number of aliphatic carboxylic acids is 1. The number of rotatable bonds is 5. The zero-order valence-corrected chi connectivity index (χ0v) is 10.6. The predicted molar refractivity (Wildman–Crippen MR) is 71.4 cm³/mol. The van der Waals surface area contributed by atoms with E-state index in [0.29, 0.717) is 13.0 Å². The van der Waals surface area contributed by atoms with Crippen LogP contribution in [-0.2, 0) is 4.79 Å². The molecule has 0 radical (unpaired) electrons. The first-order chi connectivity index (χ1) is 7.68. The summed E-state index contributed by atoms with van der Waals surface area (Å²) in [5.74, 6) is -0.773. The van der Waals surface area contributed by atoms with Gasteiger partial charge < -0.3 is 10.8 Å². The van der Waals surface area contributed by atoms with Crippen LogP contribution < -0.4 is 5.73 Å². The van der Waals surface area contributed by atoms with E-state index in [1.165, 1.54) is 0 Å². The average Bonchev–Trinajstić information content (AvgIpc) is 2.30. The molecule has 0 bridgehead atoms. The molecule has 0 amide bonds. The minimum absolute atomic E-state index is 0.191. The molecule has 0 aromatic carbocycles. The standard InChI is InChI=1S/C7H10.C4H9NO2.C2H6/c1-3-5-7-6-4-2;5-3-1-2-4(6)7;1-2/h3-7H,1H2,2H3;1-3,5H2,(H,6,7);1-2H3/b6-4-,7-5-;;. The molecule has 0 aliphatic heterocycles. The van der Waals surface area contributed by atoms with Crippen molar-refractivity contribution in [1.29, 1.82) is 0 Å². The summed E-state index contributed by atoms with van der Waals surface area (Å²) in [7, 11) is 0. The highest BCUT2D eigenvalue weighted by Gasteiger charge is 1.91. The fraction of sp³-hybridized carbons (Fsp3) is 0.462. The molecular formula is C13H25NO2. The van der Waals surface area contributed by atoms with Crippen LogP contribution in [0.1, 0.15) is 33.6 Å². The van der Waals surface area contributed by atoms with Crippen molar-refractivity contribution in [3.8, 4) is 0 Å². The molecule has 0 saturated heterocycles. The van der Waals surface area contributed by atoms with E-state index in [2.05, 4.69) is 6.58 Å². The van der Waals surface area contributed by atoms with Crippen LogP contribution in [0, 0.1) is 0 Å². The highest BCUT2D eigenvalue weighted by Crippen LogP contribution is 1.82. The molecule has 0 aliphatic rings. The molecule has 0 saturated carbocycles. The first kappa shape index (κ1) is 20.1. The smallest absolute Gasteiger partial charge is 0.303 e. The summed E-state index contributed by atoms with van der Waals surface area (Å²) in [6.07, 6.45) is 10.3. The molecule has 16 heavy (non-hydrogen) atoms. The molecule has 94 valence electrons. The quantitative estimate of drug-likeness (QED) is 0.709. The summed E-state index contributed by atoms with van der Waals surface area (Å²) in [6, 6.07) is 0. The molecule has 0 spiro atoms. The molecule has 3 N–H and O–H groups in total. The fourth-order valence-electron chi connectivity index (χ4n) is 0.507. The third-order valence-electron chi connectivity index (χ3n) is 1.15. The SMILES string of the molecule is C=C/C=C\C=C/C.CC.NCCCC(=O)O. The van der Waals surface area contributed by atoms with E-state index < -0.39 is 5.97 Å². The summed E-state index contributed by atoms with van der Waals surface area (Å²) in [5.41, 5.74) is 5.01. The van der Waals surface area contributed by atoms with E-state index >= 15 is 0 Å². The Morgan fingerprint density at radius 2 is 1.88 bits per heavy atom. The molecule has 0 heterocycles. The third kappa shape index (κ3) is 38.8. The van der Waals surface area contributed by atoms with Crippen molar-refractivity contribution < 1.29 is 9.90 Å². The molecule has 0 atom stereocenters. The van der Waals surface area contributed by atoms with E-state index in [4.69, 9.17) is 10.8 Å². The van der Waals surface area contributed by atoms with Gasteiger partial charge in [0.25, 0.3) is 0 Å². The molecule has 0 unspecified atom stereocenters. The average molecular weight is 227 g/mol. The third-order valence-corrected chi connectivity index (χ3v) is 1.15. The van der Waals surface area contributed by atoms with Crippen LogP contribution in [0.3, 0.4) is 0 Å². The Morgan fingerprint density at radius 3 is 2.12 bits per heavy atom. The van der Waals surface area contributed by atoms with Crippen LogP contribution in [0.4, 0.5) is 0 Å². The number of nitrogens with two attached hydrogens (primary N) is 1. The van der Waals surface area contributed by atoms with Gasteiger partial charge in [0, 0.05) is 6.42 Å². The molecule has 3 nitrogen and oxygen atoms in total. The molecule has 0 fully saturated rings. The summed E-state index contributed by atoms with van der Waals surface area (Å²) in [5, 5.41) is 7.99. The van der Waals surface area contributed by atoms with E-state index in [9.17, 15) is 4.79 Å². The van der Waals surface area contributed by atoms with Crippen LogP contribution >= 0.6 is 0 Å². The van der Waals surface area contributed by atoms with E-state index in [0.717, 1.165) is 0 Å². The maximum atomic E-state index is 9.70. The van der Waals surface area contributed by atoms with Crippen molar-refractivity contribution in [2.24, 2.45) is 5.73 Å². The number of carbonyl (C=O) groups is 1. The van der Waals surface area contributed by atoms with Crippen molar-refractivity contribution in [2.45, 2.75) is 33.6 Å². The van der Waals surface area contributed by atoms with Gasteiger partial charge in [-0.2, -0.15) is 0 Å². The van der Waals surface area contributed by atoms with Crippen LogP contribution in [0.15, 0.2) is 37.0 Å². The van der Waals surface area contributed by atoms with Gasteiger partial charge in [0.2, 0.25) is 0 Å². The van der Waals surface area contributed by atoms with Crippen molar-refractivity contribution in [2.75, 3.05) is 6.54 Å². The number of hydrogen-bond acceptors (Lipinski definition) is 2. The van der Waals surface area contributed by atoms with Gasteiger partial charge in [-0.05, 0) is 19.9 Å².